The predicted molar refractivity (Wildman–Crippen MR) is 62.8 cm³/mol. The molecule has 2 rings (SSSR count). The van der Waals surface area contributed by atoms with Crippen molar-refractivity contribution in [2.24, 2.45) is 5.92 Å². The van der Waals surface area contributed by atoms with Crippen LogP contribution in [0.5, 0.6) is 0 Å². The number of hydrogen-bond donors (Lipinski definition) is 1. The Hall–Kier alpha value is -1.84. The molecular weight excluding hydrogens is 218 g/mol. The van der Waals surface area contributed by atoms with E-state index in [2.05, 4.69) is 0 Å². The van der Waals surface area contributed by atoms with Crippen LogP contribution in [0.1, 0.15) is 22.3 Å². The summed E-state index contributed by atoms with van der Waals surface area (Å²) in [6.07, 6.45) is 0.549. The van der Waals surface area contributed by atoms with Gasteiger partial charge in [-0.05, 0) is 25.0 Å². The van der Waals surface area contributed by atoms with Crippen molar-refractivity contribution in [3.05, 3.63) is 35.4 Å². The molecular formula is C13H15NO3. The Bertz CT molecular complexity index is 456. The van der Waals surface area contributed by atoms with E-state index in [4.69, 9.17) is 5.11 Å². The highest BCUT2D eigenvalue weighted by Crippen LogP contribution is 2.20. The molecule has 1 atom stereocenters. The number of nitrogens with zero attached hydrogens (tertiary/aromatic N) is 1. The molecule has 4 heteroatoms. The lowest BCUT2D eigenvalue weighted by Gasteiger charge is -2.17. The molecule has 0 aliphatic carbocycles. The van der Waals surface area contributed by atoms with Crippen molar-refractivity contribution < 1.29 is 14.7 Å². The Balaban J connectivity index is 2.13. The van der Waals surface area contributed by atoms with Crippen molar-refractivity contribution in [3.8, 4) is 0 Å². The highest BCUT2D eigenvalue weighted by atomic mass is 16.4. The monoisotopic (exact) mass is 233 g/mol. The van der Waals surface area contributed by atoms with Crippen LogP contribution in [0.25, 0.3) is 0 Å². The van der Waals surface area contributed by atoms with E-state index in [1.54, 1.807) is 11.0 Å². The van der Waals surface area contributed by atoms with E-state index in [1.165, 1.54) is 0 Å². The summed E-state index contributed by atoms with van der Waals surface area (Å²) in [5, 5.41) is 8.90. The molecule has 4 nitrogen and oxygen atoms in total. The van der Waals surface area contributed by atoms with Gasteiger partial charge in [-0.2, -0.15) is 0 Å². The first kappa shape index (κ1) is 11.6. The zero-order valence-electron chi connectivity index (χ0n) is 9.72. The fraction of sp³-hybridized carbons (Fsp3) is 0.385. The van der Waals surface area contributed by atoms with Gasteiger partial charge in [0.15, 0.2) is 0 Å². The van der Waals surface area contributed by atoms with E-state index in [0.717, 1.165) is 5.56 Å². The number of likely N-dealkylation sites (tertiary alicyclic amines) is 1. The van der Waals surface area contributed by atoms with Gasteiger partial charge in [0.25, 0.3) is 5.91 Å². The van der Waals surface area contributed by atoms with Crippen LogP contribution in [0.15, 0.2) is 24.3 Å². The summed E-state index contributed by atoms with van der Waals surface area (Å²) in [4.78, 5) is 24.6. The van der Waals surface area contributed by atoms with Crippen molar-refractivity contribution in [2.45, 2.75) is 13.3 Å². The van der Waals surface area contributed by atoms with Gasteiger partial charge in [0.05, 0.1) is 5.92 Å². The molecule has 0 saturated carbocycles. The minimum atomic E-state index is -0.815. The summed E-state index contributed by atoms with van der Waals surface area (Å²) in [5.74, 6) is -1.29. The second-order valence-electron chi connectivity index (χ2n) is 4.39. The van der Waals surface area contributed by atoms with Crippen LogP contribution < -0.4 is 0 Å². The van der Waals surface area contributed by atoms with E-state index in [1.807, 2.05) is 25.1 Å². The summed E-state index contributed by atoms with van der Waals surface area (Å²) in [5.41, 5.74) is 1.59. The number of carboxylic acids is 1. The van der Waals surface area contributed by atoms with Gasteiger partial charge in [-0.3, -0.25) is 9.59 Å². The van der Waals surface area contributed by atoms with Gasteiger partial charge < -0.3 is 10.0 Å². The van der Waals surface area contributed by atoms with Gasteiger partial charge in [-0.15, -0.1) is 0 Å². The second kappa shape index (κ2) is 4.57. The minimum Gasteiger partial charge on any atom is -0.481 e. The number of rotatable bonds is 2. The maximum absolute atomic E-state index is 12.2. The molecule has 0 aromatic heterocycles. The van der Waals surface area contributed by atoms with Crippen molar-refractivity contribution in [1.82, 2.24) is 4.90 Å². The van der Waals surface area contributed by atoms with Crippen molar-refractivity contribution >= 4 is 11.9 Å². The van der Waals surface area contributed by atoms with Crippen LogP contribution in [0.3, 0.4) is 0 Å². The molecule has 1 fully saturated rings. The minimum absolute atomic E-state index is 0.0631. The van der Waals surface area contributed by atoms with Gasteiger partial charge in [-0.1, -0.05) is 18.2 Å². The van der Waals surface area contributed by atoms with Crippen molar-refractivity contribution in [3.63, 3.8) is 0 Å². The highest BCUT2D eigenvalue weighted by Gasteiger charge is 2.31. The van der Waals surface area contributed by atoms with Crippen LogP contribution in [0.4, 0.5) is 0 Å². The largest absolute Gasteiger partial charge is 0.481 e. The topological polar surface area (TPSA) is 57.6 Å². The van der Waals surface area contributed by atoms with Gasteiger partial charge >= 0.3 is 5.97 Å². The van der Waals surface area contributed by atoms with Gasteiger partial charge in [0, 0.05) is 18.7 Å². The van der Waals surface area contributed by atoms with Crippen LogP contribution in [-0.2, 0) is 4.79 Å². The Morgan fingerprint density at radius 3 is 2.65 bits per heavy atom. The summed E-state index contributed by atoms with van der Waals surface area (Å²) in [6, 6.07) is 7.38. The molecule has 1 heterocycles. The first-order valence-electron chi connectivity index (χ1n) is 5.67. The second-order valence-corrected chi connectivity index (χ2v) is 4.39. The van der Waals surface area contributed by atoms with Crippen LogP contribution in [0, 0.1) is 12.8 Å². The fourth-order valence-electron chi connectivity index (χ4n) is 2.13. The quantitative estimate of drug-likeness (QED) is 0.843. The SMILES string of the molecule is Cc1ccccc1C(=O)N1CCC(C(=O)O)C1. The smallest absolute Gasteiger partial charge is 0.308 e. The average Bonchev–Trinajstić information content (AvgIpc) is 2.78. The van der Waals surface area contributed by atoms with E-state index in [0.29, 0.717) is 25.1 Å². The Morgan fingerprint density at radius 2 is 2.06 bits per heavy atom. The zero-order chi connectivity index (χ0) is 12.4. The molecule has 1 aliphatic rings. The first-order chi connectivity index (χ1) is 8.09. The summed E-state index contributed by atoms with van der Waals surface area (Å²) in [6.45, 7) is 2.74. The molecule has 90 valence electrons. The number of carbonyl (C=O) groups excluding carboxylic acids is 1. The summed E-state index contributed by atoms with van der Waals surface area (Å²) in [7, 11) is 0. The number of aryl methyl sites for hydroxylation is 1. The van der Waals surface area contributed by atoms with Crippen LogP contribution in [-0.4, -0.2) is 35.0 Å². The van der Waals surface area contributed by atoms with Gasteiger partial charge in [-0.25, -0.2) is 0 Å². The summed E-state index contributed by atoms with van der Waals surface area (Å²) >= 11 is 0. The summed E-state index contributed by atoms with van der Waals surface area (Å²) < 4.78 is 0. The van der Waals surface area contributed by atoms with Crippen molar-refractivity contribution in [1.29, 1.82) is 0 Å². The number of carboxylic acid groups (broad SMARTS) is 1. The van der Waals surface area contributed by atoms with E-state index in [-0.39, 0.29) is 5.91 Å². The normalized spacial score (nSPS) is 19.4. The molecule has 1 unspecified atom stereocenters. The third-order valence-corrected chi connectivity index (χ3v) is 3.20. The highest BCUT2D eigenvalue weighted by molar-refractivity contribution is 5.96. The number of aliphatic carboxylic acids is 1. The van der Waals surface area contributed by atoms with E-state index in [9.17, 15) is 9.59 Å². The predicted octanol–water partition coefficient (Wildman–Crippen LogP) is 1.54. The number of hydrogen-bond acceptors (Lipinski definition) is 2. The molecule has 1 amide bonds. The maximum Gasteiger partial charge on any atom is 0.308 e. The molecule has 0 spiro atoms. The Labute approximate surface area is 99.9 Å². The van der Waals surface area contributed by atoms with Crippen LogP contribution in [0.2, 0.25) is 0 Å². The maximum atomic E-state index is 12.2. The van der Waals surface area contributed by atoms with Gasteiger partial charge in [0.2, 0.25) is 0 Å². The van der Waals surface area contributed by atoms with Crippen LogP contribution >= 0.6 is 0 Å². The third kappa shape index (κ3) is 2.30. The van der Waals surface area contributed by atoms with E-state index >= 15 is 0 Å². The molecule has 0 bridgehead atoms. The lowest BCUT2D eigenvalue weighted by atomic mass is 10.1. The zero-order valence-corrected chi connectivity index (χ0v) is 9.72. The van der Waals surface area contributed by atoms with Crippen molar-refractivity contribution in [2.75, 3.05) is 13.1 Å². The lowest BCUT2D eigenvalue weighted by molar-refractivity contribution is -0.141. The third-order valence-electron chi connectivity index (χ3n) is 3.20. The molecule has 0 radical (unpaired) electrons. The number of amides is 1. The molecule has 17 heavy (non-hydrogen) atoms. The average molecular weight is 233 g/mol. The fourth-order valence-corrected chi connectivity index (χ4v) is 2.13. The lowest BCUT2D eigenvalue weighted by Crippen LogP contribution is -2.30. The standard InChI is InChI=1S/C13H15NO3/c1-9-4-2-3-5-11(9)12(15)14-7-6-10(8-14)13(16)17/h2-5,10H,6-8H2,1H3,(H,16,17). The Morgan fingerprint density at radius 1 is 1.35 bits per heavy atom. The Kier molecular flexibility index (Phi) is 3.13. The molecule has 1 N–H and O–H groups in total. The molecule has 1 aliphatic heterocycles. The molecule has 1 saturated heterocycles. The van der Waals surface area contributed by atoms with Gasteiger partial charge in [0.1, 0.15) is 0 Å². The van der Waals surface area contributed by atoms with E-state index < -0.39 is 11.9 Å². The molecule has 1 aromatic rings. The first-order valence-corrected chi connectivity index (χ1v) is 5.67. The molecule has 1 aromatic carbocycles. The number of carbonyl (C=O) groups is 2. The number of benzene rings is 1.